The van der Waals surface area contributed by atoms with Gasteiger partial charge in [-0.25, -0.2) is 0 Å². The number of hydrogen-bond donors (Lipinski definition) is 0. The number of rotatable bonds is 3. The van der Waals surface area contributed by atoms with Crippen molar-refractivity contribution in [2.45, 2.75) is 3.92 Å². The molecule has 17 heavy (non-hydrogen) atoms. The maximum atomic E-state index is 11.6. The molecule has 0 fully saturated rings. The molecule has 0 aliphatic heterocycles. The summed E-state index contributed by atoms with van der Waals surface area (Å²) < 4.78 is 0.792. The molecular formula is C12H9INO3-. The molecule has 0 saturated carbocycles. The summed E-state index contributed by atoms with van der Waals surface area (Å²) in [5, 5.41) is 10.6. The van der Waals surface area contributed by atoms with E-state index >= 15 is 0 Å². The number of alkyl halides is 1. The number of hydrogen-bond acceptors (Lipinski definition) is 3. The Labute approximate surface area is 108 Å². The van der Waals surface area contributed by atoms with Gasteiger partial charge in [-0.1, -0.05) is 0 Å². The van der Waals surface area contributed by atoms with Crippen LogP contribution in [0.15, 0.2) is 54.3 Å². The first-order chi connectivity index (χ1) is 8.16. The Balaban J connectivity index is 2.18. The van der Waals surface area contributed by atoms with Crippen LogP contribution in [-0.2, 0) is 4.79 Å². The summed E-state index contributed by atoms with van der Waals surface area (Å²) in [7, 11) is 0. The molecule has 2 rings (SSSR count). The van der Waals surface area contributed by atoms with Crippen LogP contribution < -0.4 is 21.2 Å². The van der Waals surface area contributed by atoms with Crippen LogP contribution in [0.4, 0.5) is 0 Å². The van der Waals surface area contributed by atoms with Gasteiger partial charge in [0.25, 0.3) is 0 Å². The molecule has 0 heterocycles. The van der Waals surface area contributed by atoms with E-state index < -0.39 is 26.1 Å². The second kappa shape index (κ2) is 5.22. The second-order valence-corrected chi connectivity index (χ2v) is 6.60. The topological polar surface area (TPSA) is 60.2 Å². The molecule has 0 amide bonds. The van der Waals surface area contributed by atoms with E-state index in [4.69, 9.17) is 0 Å². The molecule has 4 nitrogen and oxygen atoms in total. The zero-order valence-electron chi connectivity index (χ0n) is 8.75. The fraction of sp³-hybridized carbons (Fsp3) is 0.0833. The first kappa shape index (κ1) is 12.0. The second-order valence-electron chi connectivity index (χ2n) is 3.39. The quantitative estimate of drug-likeness (QED) is 0.294. The van der Waals surface area contributed by atoms with Crippen LogP contribution in [0.3, 0.4) is 0 Å². The molecule has 1 aliphatic rings. The Morgan fingerprint density at radius 3 is 2.53 bits per heavy atom. The number of carbonyl (C=O) groups is 1. The fourth-order valence-electron chi connectivity index (χ4n) is 1.38. The third-order valence-electron chi connectivity index (χ3n) is 2.19. The van der Waals surface area contributed by atoms with Crippen LogP contribution in [-0.4, -0.2) is 14.6 Å². The zero-order valence-corrected chi connectivity index (χ0v) is 10.9. The van der Waals surface area contributed by atoms with Crippen LogP contribution in [0.25, 0.3) is 0 Å². The standard InChI is InChI=1S/C12H9INO3/c15-12-7-6-10(14(16)17)8-11(12)13-9-4-2-1-3-5-9/h1-8,11H/q-1. The van der Waals surface area contributed by atoms with E-state index in [9.17, 15) is 14.9 Å². The van der Waals surface area contributed by atoms with Gasteiger partial charge in [-0.15, -0.1) is 0 Å². The predicted octanol–water partition coefficient (Wildman–Crippen LogP) is -1.39. The zero-order chi connectivity index (χ0) is 12.3. The molecule has 0 N–H and O–H groups in total. The summed E-state index contributed by atoms with van der Waals surface area (Å²) in [5.41, 5.74) is 0.0187. The molecule has 0 aromatic heterocycles. The van der Waals surface area contributed by atoms with E-state index in [1.807, 2.05) is 30.3 Å². The molecule has 0 saturated heterocycles. The average Bonchev–Trinajstić information content (AvgIpc) is 2.33. The van der Waals surface area contributed by atoms with Crippen molar-refractivity contribution in [3.8, 4) is 0 Å². The minimum absolute atomic E-state index is 0.0187. The first-order valence-electron chi connectivity index (χ1n) is 4.93. The molecular weight excluding hydrogens is 333 g/mol. The molecule has 1 aromatic rings. The Bertz CT molecular complexity index is 508. The summed E-state index contributed by atoms with van der Waals surface area (Å²) in [5.74, 6) is -0.0350. The van der Waals surface area contributed by atoms with Crippen molar-refractivity contribution in [1.82, 2.24) is 0 Å². The summed E-state index contributed by atoms with van der Waals surface area (Å²) in [4.78, 5) is 21.8. The number of halogens is 1. The minimum atomic E-state index is -0.569. The third-order valence-corrected chi connectivity index (χ3v) is 5.28. The summed E-state index contributed by atoms with van der Waals surface area (Å²) in [6, 6.07) is 9.65. The van der Waals surface area contributed by atoms with Gasteiger partial charge in [0.1, 0.15) is 0 Å². The molecule has 88 valence electrons. The van der Waals surface area contributed by atoms with Crippen molar-refractivity contribution in [2.75, 3.05) is 0 Å². The van der Waals surface area contributed by atoms with Crippen molar-refractivity contribution in [3.63, 3.8) is 0 Å². The van der Waals surface area contributed by atoms with Gasteiger partial charge in [-0.05, 0) is 0 Å². The Morgan fingerprint density at radius 1 is 1.18 bits per heavy atom. The van der Waals surface area contributed by atoms with Gasteiger partial charge in [0, 0.05) is 0 Å². The van der Waals surface area contributed by atoms with Crippen LogP contribution in [0.1, 0.15) is 0 Å². The number of ketones is 1. The Morgan fingerprint density at radius 2 is 1.88 bits per heavy atom. The Kier molecular flexibility index (Phi) is 3.68. The molecule has 1 unspecified atom stereocenters. The van der Waals surface area contributed by atoms with Crippen molar-refractivity contribution in [1.29, 1.82) is 0 Å². The normalized spacial score (nSPS) is 19.2. The first-order valence-corrected chi connectivity index (χ1v) is 7.26. The van der Waals surface area contributed by atoms with E-state index in [1.165, 1.54) is 18.2 Å². The van der Waals surface area contributed by atoms with E-state index in [1.54, 1.807) is 0 Å². The van der Waals surface area contributed by atoms with Gasteiger partial charge < -0.3 is 0 Å². The summed E-state index contributed by atoms with van der Waals surface area (Å²) >= 11 is -0.569. The number of nitrogens with zero attached hydrogens (tertiary/aromatic N) is 1. The monoisotopic (exact) mass is 342 g/mol. The molecule has 0 spiro atoms. The molecule has 1 atom stereocenters. The molecule has 1 aliphatic carbocycles. The van der Waals surface area contributed by atoms with Gasteiger partial charge >= 0.3 is 109 Å². The average molecular weight is 342 g/mol. The molecule has 0 radical (unpaired) electrons. The van der Waals surface area contributed by atoms with E-state index in [0.717, 1.165) is 3.57 Å². The van der Waals surface area contributed by atoms with Crippen LogP contribution >= 0.6 is 0 Å². The van der Waals surface area contributed by atoms with Gasteiger partial charge in [0.05, 0.1) is 0 Å². The SMILES string of the molecule is O=C1C=CC([N+](=O)[O-])=CC1[I-]c1ccccc1. The number of allylic oxidation sites excluding steroid dienone is 3. The van der Waals surface area contributed by atoms with Crippen LogP contribution in [0.5, 0.6) is 0 Å². The maximum absolute atomic E-state index is 11.6. The van der Waals surface area contributed by atoms with Crippen molar-refractivity contribution < 1.29 is 30.9 Å². The van der Waals surface area contributed by atoms with Gasteiger partial charge in [-0.3, -0.25) is 0 Å². The van der Waals surface area contributed by atoms with Crippen molar-refractivity contribution >= 4 is 5.78 Å². The van der Waals surface area contributed by atoms with Gasteiger partial charge in [-0.2, -0.15) is 0 Å². The van der Waals surface area contributed by atoms with Gasteiger partial charge in [0.2, 0.25) is 0 Å². The van der Waals surface area contributed by atoms with Crippen molar-refractivity contribution in [2.24, 2.45) is 0 Å². The number of nitro groups is 1. The molecule has 0 bridgehead atoms. The number of benzene rings is 1. The van der Waals surface area contributed by atoms with E-state index in [-0.39, 0.29) is 15.4 Å². The number of carbonyl (C=O) groups excluding carboxylic acids is 1. The molecule has 1 aromatic carbocycles. The van der Waals surface area contributed by atoms with Gasteiger partial charge in [0.15, 0.2) is 0 Å². The van der Waals surface area contributed by atoms with Crippen molar-refractivity contribution in [3.05, 3.63) is 67.9 Å². The fourth-order valence-corrected chi connectivity index (χ4v) is 4.05. The third kappa shape index (κ3) is 3.00. The van der Waals surface area contributed by atoms with E-state index in [2.05, 4.69) is 0 Å². The summed E-state index contributed by atoms with van der Waals surface area (Å²) in [6.07, 6.45) is 4.06. The van der Waals surface area contributed by atoms with Crippen LogP contribution in [0, 0.1) is 13.7 Å². The summed E-state index contributed by atoms with van der Waals surface area (Å²) in [6.45, 7) is 0. The Hall–Kier alpha value is -1.50. The predicted molar refractivity (Wildman–Crippen MR) is 58.2 cm³/mol. The van der Waals surface area contributed by atoms with E-state index in [0.29, 0.717) is 0 Å². The molecule has 5 heteroatoms. The van der Waals surface area contributed by atoms with Crippen LogP contribution in [0.2, 0.25) is 0 Å².